The zero-order valence-electron chi connectivity index (χ0n) is 19.7. The van der Waals surface area contributed by atoms with Crippen LogP contribution in [0.4, 0.5) is 5.69 Å². The third kappa shape index (κ3) is 3.40. The van der Waals surface area contributed by atoms with E-state index in [0.717, 1.165) is 78.2 Å². The van der Waals surface area contributed by atoms with Gasteiger partial charge in [0.25, 0.3) is 0 Å². The number of unbranched alkanes of at least 4 members (excludes halogenated alkanes) is 2. The van der Waals surface area contributed by atoms with Crippen LogP contribution in [0.5, 0.6) is 11.5 Å². The van der Waals surface area contributed by atoms with Crippen LogP contribution in [0.2, 0.25) is 0 Å². The molecule has 0 saturated carbocycles. The van der Waals surface area contributed by atoms with E-state index in [9.17, 15) is 4.79 Å². The van der Waals surface area contributed by atoms with Gasteiger partial charge in [-0.25, -0.2) is 4.79 Å². The largest absolute Gasteiger partial charge is 0.456 e. The minimum atomic E-state index is -0.988. The Hall–Kier alpha value is -3.27. The highest BCUT2D eigenvalue weighted by Gasteiger charge is 2.54. The fraction of sp³-hybridized carbons (Fsp3) is 0.345. The zero-order chi connectivity index (χ0) is 23.0. The molecule has 0 aliphatic carbocycles. The van der Waals surface area contributed by atoms with Crippen LogP contribution in [-0.4, -0.2) is 19.1 Å². The van der Waals surface area contributed by atoms with Crippen molar-refractivity contribution in [3.05, 3.63) is 88.5 Å². The van der Waals surface area contributed by atoms with Crippen molar-refractivity contribution in [1.82, 2.24) is 0 Å². The van der Waals surface area contributed by atoms with Gasteiger partial charge in [0, 0.05) is 36.0 Å². The Labute approximate surface area is 196 Å². The number of esters is 1. The molecule has 1 spiro atoms. The van der Waals surface area contributed by atoms with E-state index < -0.39 is 5.60 Å². The van der Waals surface area contributed by atoms with Crippen LogP contribution in [0.1, 0.15) is 72.1 Å². The van der Waals surface area contributed by atoms with Gasteiger partial charge >= 0.3 is 5.97 Å². The van der Waals surface area contributed by atoms with E-state index in [4.69, 9.17) is 9.47 Å². The van der Waals surface area contributed by atoms with Crippen LogP contribution in [0, 0.1) is 6.92 Å². The summed E-state index contributed by atoms with van der Waals surface area (Å²) in [5.74, 6) is 1.22. The summed E-state index contributed by atoms with van der Waals surface area (Å²) in [6.45, 7) is 8.54. The van der Waals surface area contributed by atoms with Crippen molar-refractivity contribution in [3.8, 4) is 11.5 Å². The smallest absolute Gasteiger partial charge is 0.340 e. The highest BCUT2D eigenvalue weighted by Crippen LogP contribution is 2.57. The molecule has 1 atom stereocenters. The van der Waals surface area contributed by atoms with Gasteiger partial charge in [0.05, 0.1) is 11.1 Å². The van der Waals surface area contributed by atoms with Crippen LogP contribution in [-0.2, 0) is 10.3 Å². The van der Waals surface area contributed by atoms with Crippen LogP contribution in [0.15, 0.2) is 60.7 Å². The first-order chi connectivity index (χ1) is 16.1. The van der Waals surface area contributed by atoms with Gasteiger partial charge < -0.3 is 14.4 Å². The Balaban J connectivity index is 1.69. The van der Waals surface area contributed by atoms with Crippen LogP contribution >= 0.6 is 0 Å². The molecule has 2 heterocycles. The molecule has 2 aliphatic heterocycles. The van der Waals surface area contributed by atoms with Crippen LogP contribution in [0.3, 0.4) is 0 Å². The fourth-order valence-electron chi connectivity index (χ4n) is 5.18. The van der Waals surface area contributed by atoms with E-state index in [1.807, 2.05) is 36.4 Å². The van der Waals surface area contributed by atoms with Crippen LogP contribution < -0.4 is 9.64 Å². The Bertz CT molecular complexity index is 1190. The molecule has 170 valence electrons. The minimum absolute atomic E-state index is 0.288. The average molecular weight is 442 g/mol. The van der Waals surface area contributed by atoms with Crippen molar-refractivity contribution in [2.24, 2.45) is 0 Å². The van der Waals surface area contributed by atoms with Gasteiger partial charge in [-0.1, -0.05) is 57.0 Å². The molecule has 1 unspecified atom stereocenters. The summed E-state index contributed by atoms with van der Waals surface area (Å²) in [5.41, 5.74) is 4.51. The predicted octanol–water partition coefficient (Wildman–Crippen LogP) is 6.97. The summed E-state index contributed by atoms with van der Waals surface area (Å²) in [6.07, 6.45) is 4.62. The van der Waals surface area contributed by atoms with Gasteiger partial charge in [-0.15, -0.1) is 0 Å². The second-order valence-corrected chi connectivity index (χ2v) is 9.04. The fourth-order valence-corrected chi connectivity index (χ4v) is 5.18. The van der Waals surface area contributed by atoms with Gasteiger partial charge in [-0.2, -0.15) is 0 Å². The van der Waals surface area contributed by atoms with E-state index in [0.29, 0.717) is 5.56 Å². The van der Waals surface area contributed by atoms with Gasteiger partial charge in [0.2, 0.25) is 0 Å². The normalized spacial score (nSPS) is 17.7. The number of carbonyl (C=O) groups is 1. The Morgan fingerprint density at radius 3 is 2.36 bits per heavy atom. The summed E-state index contributed by atoms with van der Waals surface area (Å²) in [4.78, 5) is 15.5. The van der Waals surface area contributed by atoms with Crippen molar-refractivity contribution >= 4 is 11.7 Å². The minimum Gasteiger partial charge on any atom is -0.456 e. The SMILES string of the molecule is CCCCN(CCCC)c1ccc2c(c1)Oc1cccc(C)c1C21OC(=O)c2ccccc21. The zero-order valence-corrected chi connectivity index (χ0v) is 19.7. The molecule has 0 aromatic heterocycles. The number of carbonyl (C=O) groups excluding carboxylic acids is 1. The number of anilines is 1. The molecular formula is C29H31NO3. The molecule has 0 fully saturated rings. The van der Waals surface area contributed by atoms with Crippen molar-refractivity contribution in [2.75, 3.05) is 18.0 Å². The standard InChI is InChI=1S/C29H31NO3/c1-4-6-17-30(18-7-5-2)21-15-16-24-26(19-21)32-25-14-10-11-20(3)27(25)29(24)23-13-9-8-12-22(23)28(31)33-29/h8-16,19H,4-7,17-18H2,1-3H3. The number of hydrogen-bond donors (Lipinski definition) is 0. The third-order valence-corrected chi connectivity index (χ3v) is 6.85. The average Bonchev–Trinajstić information content (AvgIpc) is 3.12. The first kappa shape index (κ1) is 21.6. The lowest BCUT2D eigenvalue weighted by Crippen LogP contribution is -2.34. The third-order valence-electron chi connectivity index (χ3n) is 6.85. The molecule has 0 radical (unpaired) electrons. The molecule has 2 aliphatic rings. The van der Waals surface area contributed by atoms with Crippen LogP contribution in [0.25, 0.3) is 0 Å². The molecule has 0 bridgehead atoms. The van der Waals surface area contributed by atoms with E-state index in [-0.39, 0.29) is 5.97 Å². The molecular weight excluding hydrogens is 410 g/mol. The molecule has 0 saturated heterocycles. The molecule has 4 heteroatoms. The summed E-state index contributed by atoms with van der Waals surface area (Å²) < 4.78 is 12.8. The number of benzene rings is 3. The molecule has 33 heavy (non-hydrogen) atoms. The number of ether oxygens (including phenoxy) is 2. The maximum Gasteiger partial charge on any atom is 0.340 e. The van der Waals surface area contributed by atoms with E-state index in [1.54, 1.807) is 0 Å². The van der Waals surface area contributed by atoms with E-state index in [1.165, 1.54) is 0 Å². The van der Waals surface area contributed by atoms with Gasteiger partial charge in [-0.05, 0) is 49.6 Å². The lowest BCUT2D eigenvalue weighted by atomic mass is 9.76. The van der Waals surface area contributed by atoms with Crippen molar-refractivity contribution in [1.29, 1.82) is 0 Å². The summed E-state index contributed by atoms with van der Waals surface area (Å²) in [6, 6.07) is 20.1. The Kier molecular flexibility index (Phi) is 5.61. The summed E-state index contributed by atoms with van der Waals surface area (Å²) in [7, 11) is 0. The molecule has 3 aromatic rings. The second kappa shape index (κ2) is 8.58. The van der Waals surface area contributed by atoms with Gasteiger partial charge in [-0.3, -0.25) is 0 Å². The van der Waals surface area contributed by atoms with Crippen molar-refractivity contribution in [2.45, 2.75) is 52.1 Å². The monoisotopic (exact) mass is 441 g/mol. The molecule has 0 N–H and O–H groups in total. The molecule has 5 rings (SSSR count). The second-order valence-electron chi connectivity index (χ2n) is 9.04. The number of rotatable bonds is 7. The van der Waals surface area contributed by atoms with E-state index in [2.05, 4.69) is 49.9 Å². The number of hydrogen-bond acceptors (Lipinski definition) is 4. The summed E-state index contributed by atoms with van der Waals surface area (Å²) >= 11 is 0. The molecule has 4 nitrogen and oxygen atoms in total. The first-order valence-corrected chi connectivity index (χ1v) is 12.1. The van der Waals surface area contributed by atoms with Gasteiger partial charge in [0.1, 0.15) is 11.5 Å². The Morgan fingerprint density at radius 1 is 0.848 bits per heavy atom. The number of fused-ring (bicyclic) bond motifs is 6. The quantitative estimate of drug-likeness (QED) is 0.371. The molecule has 3 aromatic carbocycles. The van der Waals surface area contributed by atoms with Gasteiger partial charge in [0.15, 0.2) is 5.60 Å². The lowest BCUT2D eigenvalue weighted by molar-refractivity contribution is 0.0222. The topological polar surface area (TPSA) is 38.8 Å². The maximum absolute atomic E-state index is 13.0. The first-order valence-electron chi connectivity index (χ1n) is 12.1. The Morgan fingerprint density at radius 2 is 1.61 bits per heavy atom. The van der Waals surface area contributed by atoms with E-state index >= 15 is 0 Å². The highest BCUT2D eigenvalue weighted by molar-refractivity contribution is 5.97. The predicted molar refractivity (Wildman–Crippen MR) is 131 cm³/mol. The molecule has 0 amide bonds. The van der Waals surface area contributed by atoms with Crippen molar-refractivity contribution in [3.63, 3.8) is 0 Å². The maximum atomic E-state index is 13.0. The number of nitrogens with zero attached hydrogens (tertiary/aromatic N) is 1. The number of aryl methyl sites for hydroxylation is 1. The highest BCUT2D eigenvalue weighted by atomic mass is 16.6. The summed E-state index contributed by atoms with van der Waals surface area (Å²) in [5, 5.41) is 0. The lowest BCUT2D eigenvalue weighted by Gasteiger charge is -2.38. The van der Waals surface area contributed by atoms with Crippen molar-refractivity contribution < 1.29 is 14.3 Å².